The minimum Gasteiger partial charge on any atom is -0.387 e. The summed E-state index contributed by atoms with van der Waals surface area (Å²) < 4.78 is 0. The van der Waals surface area contributed by atoms with Crippen molar-refractivity contribution in [1.82, 2.24) is 4.90 Å². The molecule has 2 N–H and O–H groups in total. The van der Waals surface area contributed by atoms with Gasteiger partial charge in [0.05, 0.1) is 12.4 Å². The summed E-state index contributed by atoms with van der Waals surface area (Å²) in [6, 6.07) is 10.1. The molecule has 0 bridgehead atoms. The van der Waals surface area contributed by atoms with Gasteiger partial charge in [0, 0.05) is 19.0 Å². The second-order valence-electron chi connectivity index (χ2n) is 6.25. The first-order valence-electron chi connectivity index (χ1n) is 8.40. The zero-order valence-corrected chi connectivity index (χ0v) is 15.5. The Labute approximate surface area is 151 Å². The van der Waals surface area contributed by atoms with Gasteiger partial charge in [0.25, 0.3) is 0 Å². The normalized spacial score (nSPS) is 14.0. The summed E-state index contributed by atoms with van der Waals surface area (Å²) in [6.45, 7) is 13.0. The number of likely N-dealkylation sites (N-methyl/N-ethyl adjacent to an activating group) is 1. The number of rotatable bonds is 10. The lowest BCUT2D eigenvalue weighted by Crippen LogP contribution is -2.34. The first-order chi connectivity index (χ1) is 11.9. The van der Waals surface area contributed by atoms with E-state index in [0.717, 1.165) is 29.8 Å². The molecule has 0 heterocycles. The summed E-state index contributed by atoms with van der Waals surface area (Å²) in [5.74, 6) is 0.594. The summed E-state index contributed by atoms with van der Waals surface area (Å²) in [7, 11) is 2.03. The van der Waals surface area contributed by atoms with E-state index < -0.39 is 0 Å². The molecular formula is C21H29N3O. The van der Waals surface area contributed by atoms with Gasteiger partial charge in [-0.3, -0.25) is 9.79 Å². The van der Waals surface area contributed by atoms with Crippen LogP contribution in [0.1, 0.15) is 19.4 Å². The Morgan fingerprint density at radius 3 is 2.44 bits per heavy atom. The van der Waals surface area contributed by atoms with Gasteiger partial charge in [0.2, 0.25) is 0 Å². The number of allylic oxidation sites excluding steroid dienone is 2. The van der Waals surface area contributed by atoms with Crippen molar-refractivity contribution in [2.75, 3.05) is 26.7 Å². The second kappa shape index (κ2) is 10.4. The summed E-state index contributed by atoms with van der Waals surface area (Å²) in [5, 5.41) is 0. The standard InChI is InChI=1S/C21H29N3O/c1-6-18(20(7-2)19-11-9-8-10-12-19)15-24(5)14-16(3)21(22)23-13-17(4)25/h6-12,16H,1-2,13-15H2,3-5H3,(H2,22,23)/b20-18-. The SMILES string of the molecule is C=C/C(CN(C)CC(C)C(N)=NCC(C)=O)=C(\C=C)c1ccccc1. The van der Waals surface area contributed by atoms with Gasteiger partial charge in [-0.05, 0) is 30.7 Å². The number of aliphatic imine (C=N–C) groups is 1. The van der Waals surface area contributed by atoms with Crippen molar-refractivity contribution < 1.29 is 4.79 Å². The zero-order chi connectivity index (χ0) is 18.8. The third kappa shape index (κ3) is 6.89. The van der Waals surface area contributed by atoms with Gasteiger partial charge >= 0.3 is 0 Å². The number of carbonyl (C=O) groups excluding carboxylic acids is 1. The maximum absolute atomic E-state index is 11.0. The number of Topliss-reactive ketones (excluding diaryl/α,β-unsaturated/α-hetero) is 1. The lowest BCUT2D eigenvalue weighted by molar-refractivity contribution is -0.115. The number of hydrogen-bond acceptors (Lipinski definition) is 3. The van der Waals surface area contributed by atoms with Crippen LogP contribution >= 0.6 is 0 Å². The number of ketones is 1. The zero-order valence-electron chi connectivity index (χ0n) is 15.5. The van der Waals surface area contributed by atoms with E-state index in [2.05, 4.69) is 35.2 Å². The fourth-order valence-corrected chi connectivity index (χ4v) is 2.59. The van der Waals surface area contributed by atoms with Crippen LogP contribution in [0.2, 0.25) is 0 Å². The molecular weight excluding hydrogens is 310 g/mol. The highest BCUT2D eigenvalue weighted by Gasteiger charge is 2.13. The molecule has 4 nitrogen and oxygen atoms in total. The van der Waals surface area contributed by atoms with E-state index >= 15 is 0 Å². The van der Waals surface area contributed by atoms with Crippen LogP contribution in [0, 0.1) is 5.92 Å². The third-order valence-electron chi connectivity index (χ3n) is 3.90. The van der Waals surface area contributed by atoms with E-state index in [9.17, 15) is 4.79 Å². The van der Waals surface area contributed by atoms with Crippen molar-refractivity contribution in [1.29, 1.82) is 0 Å². The van der Waals surface area contributed by atoms with Crippen LogP contribution in [0.15, 0.2) is 66.2 Å². The van der Waals surface area contributed by atoms with Crippen LogP contribution in [0.3, 0.4) is 0 Å². The van der Waals surface area contributed by atoms with Crippen molar-refractivity contribution in [3.63, 3.8) is 0 Å². The van der Waals surface area contributed by atoms with Crippen LogP contribution in [0.4, 0.5) is 0 Å². The molecule has 0 aliphatic heterocycles. The fourth-order valence-electron chi connectivity index (χ4n) is 2.59. The van der Waals surface area contributed by atoms with Crippen LogP contribution < -0.4 is 5.73 Å². The average Bonchev–Trinajstić information content (AvgIpc) is 2.60. The van der Waals surface area contributed by atoms with E-state index in [1.54, 1.807) is 0 Å². The highest BCUT2D eigenvalue weighted by molar-refractivity contribution is 5.86. The van der Waals surface area contributed by atoms with Crippen molar-refractivity contribution in [3.8, 4) is 0 Å². The van der Waals surface area contributed by atoms with Gasteiger partial charge in [-0.15, -0.1) is 0 Å². The fraction of sp³-hybridized carbons (Fsp3) is 0.333. The monoisotopic (exact) mass is 339 g/mol. The van der Waals surface area contributed by atoms with Crippen LogP contribution in [0.5, 0.6) is 0 Å². The van der Waals surface area contributed by atoms with E-state index in [1.165, 1.54) is 6.92 Å². The molecule has 0 aliphatic carbocycles. The molecule has 0 aromatic heterocycles. The Balaban J connectivity index is 2.85. The quantitative estimate of drug-likeness (QED) is 0.404. The van der Waals surface area contributed by atoms with E-state index in [-0.39, 0.29) is 18.2 Å². The van der Waals surface area contributed by atoms with E-state index in [1.807, 2.05) is 44.3 Å². The predicted molar refractivity (Wildman–Crippen MR) is 108 cm³/mol. The molecule has 0 aliphatic rings. The lowest BCUT2D eigenvalue weighted by Gasteiger charge is -2.23. The van der Waals surface area contributed by atoms with Gasteiger partial charge in [0.15, 0.2) is 5.78 Å². The number of amidine groups is 1. The van der Waals surface area contributed by atoms with Crippen LogP contribution in [-0.4, -0.2) is 43.2 Å². The van der Waals surface area contributed by atoms with Crippen molar-refractivity contribution in [2.45, 2.75) is 13.8 Å². The summed E-state index contributed by atoms with van der Waals surface area (Å²) >= 11 is 0. The molecule has 1 rings (SSSR count). The van der Waals surface area contributed by atoms with Crippen molar-refractivity contribution in [2.24, 2.45) is 16.6 Å². The van der Waals surface area contributed by atoms with E-state index in [0.29, 0.717) is 5.84 Å². The molecule has 0 saturated heterocycles. The Morgan fingerprint density at radius 2 is 1.92 bits per heavy atom. The second-order valence-corrected chi connectivity index (χ2v) is 6.25. The summed E-state index contributed by atoms with van der Waals surface area (Å²) in [5.41, 5.74) is 9.28. The molecule has 4 heteroatoms. The minimum absolute atomic E-state index is 0.0128. The van der Waals surface area contributed by atoms with Crippen LogP contribution in [0.25, 0.3) is 5.57 Å². The van der Waals surface area contributed by atoms with Crippen molar-refractivity contribution in [3.05, 3.63) is 66.8 Å². The smallest absolute Gasteiger partial charge is 0.151 e. The van der Waals surface area contributed by atoms with Crippen LogP contribution in [-0.2, 0) is 4.79 Å². The molecule has 1 atom stereocenters. The molecule has 134 valence electrons. The largest absolute Gasteiger partial charge is 0.387 e. The number of carbonyl (C=O) groups is 1. The van der Waals surface area contributed by atoms with Gasteiger partial charge < -0.3 is 10.6 Å². The Bertz CT molecular complexity index is 659. The predicted octanol–water partition coefficient (Wildman–Crippen LogP) is 3.33. The highest BCUT2D eigenvalue weighted by Crippen LogP contribution is 2.21. The average molecular weight is 339 g/mol. The molecule has 0 amide bonds. The Morgan fingerprint density at radius 1 is 1.28 bits per heavy atom. The Kier molecular flexibility index (Phi) is 8.57. The maximum atomic E-state index is 11.0. The number of nitrogens with zero attached hydrogens (tertiary/aromatic N) is 2. The van der Waals surface area contributed by atoms with Gasteiger partial charge in [-0.25, -0.2) is 0 Å². The first kappa shape index (κ1) is 20.6. The molecule has 0 spiro atoms. The number of benzene rings is 1. The molecule has 1 unspecified atom stereocenters. The lowest BCUT2D eigenvalue weighted by atomic mass is 9.99. The number of nitrogens with two attached hydrogens (primary N) is 1. The Hall–Kier alpha value is -2.46. The topological polar surface area (TPSA) is 58.7 Å². The third-order valence-corrected chi connectivity index (χ3v) is 3.90. The minimum atomic E-state index is 0.0128. The molecule has 1 aromatic rings. The van der Waals surface area contributed by atoms with Gasteiger partial charge in [-0.1, -0.05) is 62.6 Å². The van der Waals surface area contributed by atoms with Gasteiger partial charge in [0.1, 0.15) is 0 Å². The maximum Gasteiger partial charge on any atom is 0.151 e. The molecule has 25 heavy (non-hydrogen) atoms. The van der Waals surface area contributed by atoms with E-state index in [4.69, 9.17) is 5.73 Å². The highest BCUT2D eigenvalue weighted by atomic mass is 16.1. The molecule has 1 aromatic carbocycles. The summed E-state index contributed by atoms with van der Waals surface area (Å²) in [6.07, 6.45) is 3.74. The molecule has 0 radical (unpaired) electrons. The first-order valence-corrected chi connectivity index (χ1v) is 8.40. The van der Waals surface area contributed by atoms with Gasteiger partial charge in [-0.2, -0.15) is 0 Å². The van der Waals surface area contributed by atoms with Crippen molar-refractivity contribution >= 4 is 17.2 Å². The summed E-state index contributed by atoms with van der Waals surface area (Å²) in [4.78, 5) is 17.3. The number of hydrogen-bond donors (Lipinski definition) is 1. The molecule has 0 saturated carbocycles. The molecule has 0 fully saturated rings.